The maximum absolute atomic E-state index is 13.7. The molecule has 3 aromatic heterocycles. The molecule has 33 heavy (non-hydrogen) atoms. The normalized spacial score (nSPS) is 14.5. The number of para-hydroxylation sites is 1. The van der Waals surface area contributed by atoms with Crippen LogP contribution in [-0.4, -0.2) is 39.7 Å². The molecule has 1 aliphatic carbocycles. The minimum atomic E-state index is -3.66. The van der Waals surface area contributed by atoms with E-state index in [4.69, 9.17) is 4.98 Å². The van der Waals surface area contributed by atoms with Gasteiger partial charge in [0.2, 0.25) is 10.0 Å². The van der Waals surface area contributed by atoms with Gasteiger partial charge in [-0.25, -0.2) is 13.4 Å². The van der Waals surface area contributed by atoms with Crippen molar-refractivity contribution in [3.05, 3.63) is 84.1 Å². The summed E-state index contributed by atoms with van der Waals surface area (Å²) < 4.78 is 31.2. The van der Waals surface area contributed by atoms with Gasteiger partial charge in [-0.3, -0.25) is 9.38 Å². The third-order valence-electron chi connectivity index (χ3n) is 6.08. The Morgan fingerprint density at radius 2 is 1.85 bits per heavy atom. The van der Waals surface area contributed by atoms with E-state index in [9.17, 15) is 8.42 Å². The fourth-order valence-electron chi connectivity index (χ4n) is 4.25. The topological polar surface area (TPSA) is 67.6 Å². The third-order valence-corrected chi connectivity index (χ3v) is 8.95. The lowest BCUT2D eigenvalue weighted by Gasteiger charge is -2.22. The van der Waals surface area contributed by atoms with E-state index >= 15 is 0 Å². The van der Waals surface area contributed by atoms with Crippen molar-refractivity contribution >= 4 is 37.2 Å². The number of rotatable bonds is 7. The summed E-state index contributed by atoms with van der Waals surface area (Å²) in [5.74, 6) is 0. The predicted octanol–water partition coefficient (Wildman–Crippen LogP) is 5.01. The maximum atomic E-state index is 13.7. The number of thiazole rings is 1. The number of benzene rings is 2. The molecule has 8 heteroatoms. The van der Waals surface area contributed by atoms with E-state index in [1.54, 1.807) is 34.0 Å². The lowest BCUT2D eigenvalue weighted by molar-refractivity contribution is 0.406. The van der Waals surface area contributed by atoms with Gasteiger partial charge in [-0.2, -0.15) is 4.31 Å². The molecular formula is C25H22N4O2S2. The summed E-state index contributed by atoms with van der Waals surface area (Å²) in [4.78, 5) is 10.3. The molecule has 0 atom stereocenters. The second-order valence-electron chi connectivity index (χ2n) is 8.30. The third kappa shape index (κ3) is 3.74. The monoisotopic (exact) mass is 474 g/mol. The van der Waals surface area contributed by atoms with Crippen LogP contribution in [0, 0.1) is 0 Å². The van der Waals surface area contributed by atoms with Crippen molar-refractivity contribution in [2.45, 2.75) is 30.2 Å². The van der Waals surface area contributed by atoms with E-state index in [0.29, 0.717) is 18.5 Å². The van der Waals surface area contributed by atoms with Crippen LogP contribution in [0.25, 0.3) is 27.1 Å². The number of hydrogen-bond donors (Lipinski definition) is 0. The molecule has 0 amide bonds. The largest absolute Gasteiger partial charge is 0.294 e. The van der Waals surface area contributed by atoms with Crippen LogP contribution >= 0.6 is 11.3 Å². The first-order valence-corrected chi connectivity index (χ1v) is 13.3. The summed E-state index contributed by atoms with van der Waals surface area (Å²) in [7, 11) is -3.66. The van der Waals surface area contributed by atoms with Crippen molar-refractivity contribution in [1.29, 1.82) is 0 Å². The highest BCUT2D eigenvalue weighted by Crippen LogP contribution is 2.34. The molecule has 6 nitrogen and oxygen atoms in total. The number of aromatic nitrogens is 3. The van der Waals surface area contributed by atoms with E-state index in [1.807, 2.05) is 54.7 Å². The molecule has 0 bridgehead atoms. The minimum absolute atomic E-state index is 0.0609. The summed E-state index contributed by atoms with van der Waals surface area (Å²) >= 11 is 1.58. The summed E-state index contributed by atoms with van der Waals surface area (Å²) in [5, 5.41) is 2.91. The summed E-state index contributed by atoms with van der Waals surface area (Å²) in [5.41, 5.74) is 3.61. The average Bonchev–Trinajstić information content (AvgIpc) is 3.47. The highest BCUT2D eigenvalue weighted by molar-refractivity contribution is 7.89. The Kier molecular flexibility index (Phi) is 5.01. The molecule has 3 heterocycles. The molecule has 2 aromatic carbocycles. The first kappa shape index (κ1) is 20.5. The van der Waals surface area contributed by atoms with Crippen molar-refractivity contribution in [2.24, 2.45) is 0 Å². The molecule has 166 valence electrons. The van der Waals surface area contributed by atoms with E-state index in [-0.39, 0.29) is 10.9 Å². The molecular weight excluding hydrogens is 452 g/mol. The van der Waals surface area contributed by atoms with Crippen LogP contribution < -0.4 is 0 Å². The Hall–Kier alpha value is -3.07. The van der Waals surface area contributed by atoms with Crippen LogP contribution in [0.2, 0.25) is 0 Å². The average molecular weight is 475 g/mol. The van der Waals surface area contributed by atoms with Crippen LogP contribution in [0.4, 0.5) is 0 Å². The number of nitrogens with zero attached hydrogens (tertiary/aromatic N) is 4. The van der Waals surface area contributed by atoms with Gasteiger partial charge in [0.05, 0.1) is 11.2 Å². The highest BCUT2D eigenvalue weighted by atomic mass is 32.2. The lowest BCUT2D eigenvalue weighted by Crippen LogP contribution is -2.35. The molecule has 0 N–H and O–H groups in total. The quantitative estimate of drug-likeness (QED) is 0.333. The fraction of sp³-hybridized carbons (Fsp3) is 0.200. The van der Waals surface area contributed by atoms with Gasteiger partial charge in [0.1, 0.15) is 4.90 Å². The predicted molar refractivity (Wildman–Crippen MR) is 131 cm³/mol. The molecule has 1 fully saturated rings. The molecule has 0 spiro atoms. The SMILES string of the molecule is O=S(=O)(c1cccc2cccnc12)N(CCc1csc2nc(-c3ccccc3)cn12)C1CC1. The number of fused-ring (bicyclic) bond motifs is 2. The molecule has 5 aromatic rings. The lowest BCUT2D eigenvalue weighted by atomic mass is 10.2. The summed E-state index contributed by atoms with van der Waals surface area (Å²) in [6.45, 7) is 0.431. The molecule has 1 aliphatic rings. The van der Waals surface area contributed by atoms with Crippen molar-refractivity contribution in [1.82, 2.24) is 18.7 Å². The standard InChI is InChI=1S/C25H22N4O2S2/c30-33(31,23-10-4-8-19-9-5-14-26-24(19)23)29(20-11-12-20)15-13-21-17-32-25-27-22(16-28(21)25)18-6-2-1-3-7-18/h1-10,14,16-17,20H,11-13,15H2. The number of imidazole rings is 1. The Balaban J connectivity index is 1.30. The Bertz CT molecular complexity index is 1550. The van der Waals surface area contributed by atoms with Gasteiger partial charge in [0, 0.05) is 53.4 Å². The molecule has 1 saturated carbocycles. The first-order chi connectivity index (χ1) is 16.1. The smallest absolute Gasteiger partial charge is 0.245 e. The second-order valence-corrected chi connectivity index (χ2v) is 11.0. The highest BCUT2D eigenvalue weighted by Gasteiger charge is 2.38. The first-order valence-electron chi connectivity index (χ1n) is 11.0. The van der Waals surface area contributed by atoms with Gasteiger partial charge in [-0.15, -0.1) is 11.3 Å². The Morgan fingerprint density at radius 1 is 1.03 bits per heavy atom. The van der Waals surface area contributed by atoms with Crippen molar-refractivity contribution in [2.75, 3.05) is 6.54 Å². The van der Waals surface area contributed by atoms with Gasteiger partial charge in [0.15, 0.2) is 4.96 Å². The Labute approximate surface area is 196 Å². The van der Waals surface area contributed by atoms with Crippen LogP contribution in [0.5, 0.6) is 0 Å². The number of hydrogen-bond acceptors (Lipinski definition) is 5. The zero-order valence-electron chi connectivity index (χ0n) is 17.8. The van der Waals surface area contributed by atoms with E-state index in [1.165, 1.54) is 0 Å². The zero-order valence-corrected chi connectivity index (χ0v) is 19.5. The number of sulfonamides is 1. The molecule has 0 radical (unpaired) electrons. The van der Waals surface area contributed by atoms with Gasteiger partial charge in [0.25, 0.3) is 0 Å². The maximum Gasteiger partial charge on any atom is 0.245 e. The van der Waals surface area contributed by atoms with Gasteiger partial charge in [-0.05, 0) is 25.0 Å². The fourth-order valence-corrected chi connectivity index (χ4v) is 7.01. The van der Waals surface area contributed by atoms with Crippen molar-refractivity contribution in [3.8, 4) is 11.3 Å². The van der Waals surface area contributed by atoms with E-state index < -0.39 is 10.0 Å². The van der Waals surface area contributed by atoms with Crippen molar-refractivity contribution < 1.29 is 8.42 Å². The molecule has 6 rings (SSSR count). The van der Waals surface area contributed by atoms with Crippen LogP contribution in [0.3, 0.4) is 0 Å². The van der Waals surface area contributed by atoms with Gasteiger partial charge < -0.3 is 0 Å². The van der Waals surface area contributed by atoms with Crippen LogP contribution in [-0.2, 0) is 16.4 Å². The van der Waals surface area contributed by atoms with Crippen LogP contribution in [0.1, 0.15) is 18.5 Å². The van der Waals surface area contributed by atoms with Gasteiger partial charge >= 0.3 is 0 Å². The summed E-state index contributed by atoms with van der Waals surface area (Å²) in [6, 6.07) is 19.2. The van der Waals surface area contributed by atoms with Crippen LogP contribution in [0.15, 0.2) is 83.3 Å². The number of pyridine rings is 1. The van der Waals surface area contributed by atoms with E-state index in [0.717, 1.165) is 40.1 Å². The van der Waals surface area contributed by atoms with Gasteiger partial charge in [-0.1, -0.05) is 48.5 Å². The van der Waals surface area contributed by atoms with E-state index in [2.05, 4.69) is 14.8 Å². The molecule has 0 unspecified atom stereocenters. The molecule has 0 aliphatic heterocycles. The minimum Gasteiger partial charge on any atom is -0.294 e. The Morgan fingerprint density at radius 3 is 2.67 bits per heavy atom. The van der Waals surface area contributed by atoms with Crippen molar-refractivity contribution in [3.63, 3.8) is 0 Å². The zero-order chi connectivity index (χ0) is 22.4. The molecule has 0 saturated heterocycles. The summed E-state index contributed by atoms with van der Waals surface area (Å²) in [6.07, 6.45) is 6.12. The second kappa shape index (κ2) is 8.06.